The lowest BCUT2D eigenvalue weighted by Gasteiger charge is -2.26. The normalized spacial score (nSPS) is 18.9. The van der Waals surface area contributed by atoms with Crippen molar-refractivity contribution in [3.63, 3.8) is 0 Å². The molecule has 1 saturated heterocycles. The van der Waals surface area contributed by atoms with Crippen LogP contribution in [0.2, 0.25) is 0 Å². The van der Waals surface area contributed by atoms with E-state index in [4.69, 9.17) is 24.9 Å². The molecule has 0 aromatic carbocycles. The molecule has 2 N–H and O–H groups in total. The van der Waals surface area contributed by atoms with Gasteiger partial charge >= 0.3 is 0 Å². The van der Waals surface area contributed by atoms with Crippen LogP contribution in [0.3, 0.4) is 0 Å². The number of pyridine rings is 2. The van der Waals surface area contributed by atoms with Gasteiger partial charge in [0.2, 0.25) is 5.91 Å². The fourth-order valence-electron chi connectivity index (χ4n) is 4.02. The number of fused-ring (bicyclic) bond motifs is 1. The zero-order chi connectivity index (χ0) is 21.3. The third-order valence-corrected chi connectivity index (χ3v) is 5.60. The third-order valence-electron chi connectivity index (χ3n) is 5.60. The van der Waals surface area contributed by atoms with Crippen LogP contribution in [-0.2, 0) is 44.7 Å². The fourth-order valence-corrected chi connectivity index (χ4v) is 4.02. The molecule has 8 heteroatoms. The molecule has 0 saturated carbocycles. The van der Waals surface area contributed by atoms with Gasteiger partial charge in [-0.25, -0.2) is 4.98 Å². The molecule has 30 heavy (non-hydrogen) atoms. The van der Waals surface area contributed by atoms with Crippen LogP contribution in [0.15, 0.2) is 30.6 Å². The monoisotopic (exact) mass is 410 g/mol. The number of carbonyl (C=O) groups is 1. The van der Waals surface area contributed by atoms with E-state index in [0.717, 1.165) is 39.8 Å². The summed E-state index contributed by atoms with van der Waals surface area (Å²) in [5.74, 6) is -0.412. The minimum atomic E-state index is -0.568. The number of amides is 1. The molecule has 3 aromatic rings. The summed E-state index contributed by atoms with van der Waals surface area (Å²) >= 11 is 0. The summed E-state index contributed by atoms with van der Waals surface area (Å²) < 4.78 is 18.9. The molecule has 1 amide bonds. The van der Waals surface area contributed by atoms with Crippen LogP contribution in [-0.4, -0.2) is 47.9 Å². The molecular formula is C22H26N4O4. The lowest BCUT2D eigenvalue weighted by atomic mass is 9.95. The Morgan fingerprint density at radius 2 is 2.17 bits per heavy atom. The highest BCUT2D eigenvalue weighted by atomic mass is 16.5. The molecule has 0 unspecified atom stereocenters. The van der Waals surface area contributed by atoms with E-state index in [1.165, 1.54) is 0 Å². The van der Waals surface area contributed by atoms with Crippen LogP contribution >= 0.6 is 0 Å². The maximum Gasteiger partial charge on any atom is 0.223 e. The number of primary amides is 1. The Hall–Kier alpha value is -2.81. The SMILES string of the molecule is COCc1cc(-c2cn(C)c3cnc(CC(N)=O)cc23)nc([C@@]2(OC)CCOC2)c1. The van der Waals surface area contributed by atoms with Gasteiger partial charge in [0.05, 0.1) is 48.4 Å². The quantitative estimate of drug-likeness (QED) is 0.640. The Bertz CT molecular complexity index is 1090. The summed E-state index contributed by atoms with van der Waals surface area (Å²) in [7, 11) is 5.32. The second-order valence-corrected chi connectivity index (χ2v) is 7.67. The Morgan fingerprint density at radius 3 is 2.83 bits per heavy atom. The van der Waals surface area contributed by atoms with Crippen molar-refractivity contribution in [3.8, 4) is 11.3 Å². The van der Waals surface area contributed by atoms with Crippen molar-refractivity contribution in [2.24, 2.45) is 12.8 Å². The smallest absolute Gasteiger partial charge is 0.223 e. The van der Waals surface area contributed by atoms with Gasteiger partial charge < -0.3 is 24.5 Å². The maximum atomic E-state index is 11.4. The van der Waals surface area contributed by atoms with Crippen LogP contribution in [0.1, 0.15) is 23.4 Å². The number of hydrogen-bond donors (Lipinski definition) is 1. The molecule has 8 nitrogen and oxygen atoms in total. The van der Waals surface area contributed by atoms with Crippen LogP contribution in [0.25, 0.3) is 22.2 Å². The summed E-state index contributed by atoms with van der Waals surface area (Å²) in [4.78, 5) is 20.7. The van der Waals surface area contributed by atoms with E-state index in [9.17, 15) is 4.79 Å². The standard InChI is InChI=1S/C22H26N4O4/c1-26-11-17(16-8-15(9-21(23)27)24-10-19(16)26)18-6-14(12-28-2)7-20(25-18)22(29-3)4-5-30-13-22/h6-8,10-11H,4-5,9,12-13H2,1-3H3,(H2,23,27)/t22-/m1/s1. The Balaban J connectivity index is 1.89. The van der Waals surface area contributed by atoms with Gasteiger partial charge in [-0.3, -0.25) is 9.78 Å². The first kappa shape index (κ1) is 20.5. The lowest BCUT2D eigenvalue weighted by Crippen LogP contribution is -2.30. The Kier molecular flexibility index (Phi) is 5.55. The highest BCUT2D eigenvalue weighted by Crippen LogP contribution is 2.36. The van der Waals surface area contributed by atoms with Gasteiger partial charge in [0, 0.05) is 51.4 Å². The Labute approximate surface area is 175 Å². The van der Waals surface area contributed by atoms with Crippen molar-refractivity contribution in [2.75, 3.05) is 27.4 Å². The molecule has 4 heterocycles. The number of methoxy groups -OCH3 is 2. The van der Waals surface area contributed by atoms with Crippen molar-refractivity contribution in [1.29, 1.82) is 0 Å². The average Bonchev–Trinajstić information content (AvgIpc) is 3.33. The van der Waals surface area contributed by atoms with E-state index in [1.54, 1.807) is 20.4 Å². The van der Waals surface area contributed by atoms with Crippen LogP contribution in [0.5, 0.6) is 0 Å². The first-order valence-electron chi connectivity index (χ1n) is 9.81. The number of nitrogens with two attached hydrogens (primary N) is 1. The highest BCUT2D eigenvalue weighted by molar-refractivity contribution is 5.95. The van der Waals surface area contributed by atoms with E-state index in [1.807, 2.05) is 36.0 Å². The summed E-state index contributed by atoms with van der Waals surface area (Å²) in [6.07, 6.45) is 4.62. The van der Waals surface area contributed by atoms with Gasteiger partial charge in [0.15, 0.2) is 0 Å². The first-order valence-corrected chi connectivity index (χ1v) is 9.81. The third kappa shape index (κ3) is 3.69. The second kappa shape index (κ2) is 8.14. The summed E-state index contributed by atoms with van der Waals surface area (Å²) in [5, 5.41) is 0.964. The minimum Gasteiger partial charge on any atom is -0.380 e. The molecule has 1 atom stereocenters. The Morgan fingerprint density at radius 1 is 1.33 bits per heavy atom. The minimum absolute atomic E-state index is 0.0940. The molecule has 3 aromatic heterocycles. The van der Waals surface area contributed by atoms with Crippen molar-refractivity contribution in [2.45, 2.75) is 25.0 Å². The van der Waals surface area contributed by atoms with Crippen LogP contribution < -0.4 is 5.73 Å². The summed E-state index contributed by atoms with van der Waals surface area (Å²) in [6, 6.07) is 5.95. The average molecular weight is 410 g/mol. The molecule has 0 spiro atoms. The fraction of sp³-hybridized carbons (Fsp3) is 0.409. The van der Waals surface area contributed by atoms with E-state index in [0.29, 0.717) is 25.5 Å². The predicted molar refractivity (Wildman–Crippen MR) is 112 cm³/mol. The van der Waals surface area contributed by atoms with E-state index >= 15 is 0 Å². The molecule has 0 aliphatic carbocycles. The van der Waals surface area contributed by atoms with Gasteiger partial charge in [-0.15, -0.1) is 0 Å². The van der Waals surface area contributed by atoms with E-state index in [-0.39, 0.29) is 6.42 Å². The molecule has 1 aliphatic rings. The van der Waals surface area contributed by atoms with E-state index < -0.39 is 11.5 Å². The number of nitrogens with zero attached hydrogens (tertiary/aromatic N) is 3. The van der Waals surface area contributed by atoms with Crippen LogP contribution in [0, 0.1) is 0 Å². The summed E-state index contributed by atoms with van der Waals surface area (Å²) in [5.41, 5.74) is 9.97. The van der Waals surface area contributed by atoms with Crippen LogP contribution in [0.4, 0.5) is 0 Å². The molecule has 0 radical (unpaired) electrons. The lowest BCUT2D eigenvalue weighted by molar-refractivity contribution is -0.117. The topological polar surface area (TPSA) is 101 Å². The molecule has 1 aliphatic heterocycles. The number of hydrogen-bond acceptors (Lipinski definition) is 6. The van der Waals surface area contributed by atoms with Crippen molar-refractivity contribution in [3.05, 3.63) is 47.5 Å². The largest absolute Gasteiger partial charge is 0.380 e. The molecule has 0 bridgehead atoms. The molecular weight excluding hydrogens is 384 g/mol. The van der Waals surface area contributed by atoms with Gasteiger partial charge in [-0.05, 0) is 23.8 Å². The summed E-state index contributed by atoms with van der Waals surface area (Å²) in [6.45, 7) is 1.56. The zero-order valence-corrected chi connectivity index (χ0v) is 17.5. The van der Waals surface area contributed by atoms with Gasteiger partial charge in [0.1, 0.15) is 5.60 Å². The predicted octanol–water partition coefficient (Wildman–Crippen LogP) is 2.07. The van der Waals surface area contributed by atoms with Gasteiger partial charge in [-0.2, -0.15) is 0 Å². The van der Waals surface area contributed by atoms with E-state index in [2.05, 4.69) is 4.98 Å². The molecule has 4 rings (SSSR count). The number of aromatic nitrogens is 3. The number of ether oxygens (including phenoxy) is 3. The number of aryl methyl sites for hydroxylation is 1. The number of rotatable bonds is 7. The molecule has 1 fully saturated rings. The highest BCUT2D eigenvalue weighted by Gasteiger charge is 2.39. The maximum absolute atomic E-state index is 11.4. The second-order valence-electron chi connectivity index (χ2n) is 7.67. The van der Waals surface area contributed by atoms with Gasteiger partial charge in [-0.1, -0.05) is 0 Å². The number of carbonyl (C=O) groups excluding carboxylic acids is 1. The van der Waals surface area contributed by atoms with Gasteiger partial charge in [0.25, 0.3) is 0 Å². The van der Waals surface area contributed by atoms with Crippen molar-refractivity contribution < 1.29 is 19.0 Å². The van der Waals surface area contributed by atoms with Crippen molar-refractivity contribution >= 4 is 16.8 Å². The zero-order valence-electron chi connectivity index (χ0n) is 17.5. The van der Waals surface area contributed by atoms with Crippen molar-refractivity contribution in [1.82, 2.24) is 14.5 Å². The molecule has 158 valence electrons. The first-order chi connectivity index (χ1) is 14.5.